The van der Waals surface area contributed by atoms with E-state index in [2.05, 4.69) is 4.98 Å². The highest BCUT2D eigenvalue weighted by Crippen LogP contribution is 2.25. The number of aliphatic carboxylic acids is 1. The summed E-state index contributed by atoms with van der Waals surface area (Å²) >= 11 is 0. The fourth-order valence-electron chi connectivity index (χ4n) is 1.93. The first kappa shape index (κ1) is 13.2. The SMILES string of the molecule is CC(CC(=O)O)c1cncc(-c2cccc(F)c2)c1. The number of benzene rings is 1. The molecule has 0 saturated heterocycles. The highest BCUT2D eigenvalue weighted by molar-refractivity contribution is 5.68. The van der Waals surface area contributed by atoms with Crippen LogP contribution in [-0.4, -0.2) is 16.1 Å². The molecule has 1 unspecified atom stereocenters. The molecule has 0 saturated carbocycles. The molecule has 0 spiro atoms. The van der Waals surface area contributed by atoms with E-state index in [1.165, 1.54) is 12.1 Å². The topological polar surface area (TPSA) is 50.2 Å². The number of carbonyl (C=O) groups is 1. The van der Waals surface area contributed by atoms with Crippen LogP contribution in [0.3, 0.4) is 0 Å². The molecule has 98 valence electrons. The molecule has 0 aliphatic rings. The summed E-state index contributed by atoms with van der Waals surface area (Å²) in [5.41, 5.74) is 2.36. The summed E-state index contributed by atoms with van der Waals surface area (Å²) in [6.45, 7) is 1.83. The van der Waals surface area contributed by atoms with Crippen LogP contribution < -0.4 is 0 Å². The predicted molar refractivity (Wildman–Crippen MR) is 70.3 cm³/mol. The van der Waals surface area contributed by atoms with Gasteiger partial charge in [0.15, 0.2) is 0 Å². The molecule has 2 rings (SSSR count). The highest BCUT2D eigenvalue weighted by atomic mass is 19.1. The fraction of sp³-hybridized carbons (Fsp3) is 0.200. The van der Waals surface area contributed by atoms with Gasteiger partial charge in [-0.3, -0.25) is 9.78 Å². The van der Waals surface area contributed by atoms with Crippen LogP contribution >= 0.6 is 0 Å². The van der Waals surface area contributed by atoms with Crippen molar-refractivity contribution in [1.29, 1.82) is 0 Å². The number of nitrogens with zero attached hydrogens (tertiary/aromatic N) is 1. The van der Waals surface area contributed by atoms with E-state index in [1.807, 2.05) is 13.0 Å². The van der Waals surface area contributed by atoms with Crippen molar-refractivity contribution in [1.82, 2.24) is 4.98 Å². The van der Waals surface area contributed by atoms with Gasteiger partial charge in [-0.2, -0.15) is 0 Å². The molecule has 0 amide bonds. The second-order valence-corrected chi connectivity index (χ2v) is 4.52. The van der Waals surface area contributed by atoms with Crippen LogP contribution in [0.4, 0.5) is 4.39 Å². The van der Waals surface area contributed by atoms with Crippen LogP contribution in [0.5, 0.6) is 0 Å². The number of hydrogen-bond acceptors (Lipinski definition) is 2. The Morgan fingerprint density at radius 2 is 2.11 bits per heavy atom. The molecule has 0 fully saturated rings. The summed E-state index contributed by atoms with van der Waals surface area (Å²) in [6.07, 6.45) is 3.34. The standard InChI is InChI=1S/C15H14FNO2/c1-10(5-15(18)19)12-6-13(9-17-8-12)11-3-2-4-14(16)7-11/h2-4,6-10H,5H2,1H3,(H,18,19). The number of hydrogen-bond donors (Lipinski definition) is 1. The summed E-state index contributed by atoms with van der Waals surface area (Å²) in [4.78, 5) is 14.8. The van der Waals surface area contributed by atoms with Gasteiger partial charge in [0.05, 0.1) is 6.42 Å². The minimum atomic E-state index is -0.844. The zero-order chi connectivity index (χ0) is 13.8. The Morgan fingerprint density at radius 3 is 2.79 bits per heavy atom. The quantitative estimate of drug-likeness (QED) is 0.914. The Hall–Kier alpha value is -2.23. The van der Waals surface area contributed by atoms with E-state index in [1.54, 1.807) is 24.5 Å². The van der Waals surface area contributed by atoms with Crippen molar-refractivity contribution in [2.45, 2.75) is 19.3 Å². The molecule has 1 heterocycles. The molecular weight excluding hydrogens is 245 g/mol. The lowest BCUT2D eigenvalue weighted by Gasteiger charge is -2.10. The van der Waals surface area contributed by atoms with Gasteiger partial charge >= 0.3 is 5.97 Å². The van der Waals surface area contributed by atoms with Gasteiger partial charge < -0.3 is 5.11 Å². The molecule has 0 aliphatic carbocycles. The lowest BCUT2D eigenvalue weighted by atomic mass is 9.96. The van der Waals surface area contributed by atoms with Gasteiger partial charge in [0, 0.05) is 18.0 Å². The van der Waals surface area contributed by atoms with Crippen molar-refractivity contribution in [2.75, 3.05) is 0 Å². The minimum absolute atomic E-state index is 0.0499. The number of rotatable bonds is 4. The van der Waals surface area contributed by atoms with Gasteiger partial charge in [0.1, 0.15) is 5.82 Å². The number of aromatic nitrogens is 1. The molecule has 3 nitrogen and oxygen atoms in total. The number of halogens is 1. The fourth-order valence-corrected chi connectivity index (χ4v) is 1.93. The van der Waals surface area contributed by atoms with E-state index in [0.717, 1.165) is 16.7 Å². The van der Waals surface area contributed by atoms with E-state index < -0.39 is 5.97 Å². The zero-order valence-corrected chi connectivity index (χ0v) is 10.5. The molecule has 1 aromatic carbocycles. The van der Waals surface area contributed by atoms with E-state index >= 15 is 0 Å². The average Bonchev–Trinajstić information content (AvgIpc) is 2.38. The maximum atomic E-state index is 13.2. The first-order valence-corrected chi connectivity index (χ1v) is 5.99. The third-order valence-corrected chi connectivity index (χ3v) is 2.97. The summed E-state index contributed by atoms with van der Waals surface area (Å²) < 4.78 is 13.2. The van der Waals surface area contributed by atoms with Gasteiger partial charge in [-0.25, -0.2) is 4.39 Å². The van der Waals surface area contributed by atoms with Crippen molar-refractivity contribution in [3.8, 4) is 11.1 Å². The van der Waals surface area contributed by atoms with Crippen molar-refractivity contribution >= 4 is 5.97 Å². The molecule has 0 bridgehead atoms. The van der Waals surface area contributed by atoms with Crippen molar-refractivity contribution < 1.29 is 14.3 Å². The minimum Gasteiger partial charge on any atom is -0.481 e. The van der Waals surface area contributed by atoms with Gasteiger partial charge in [-0.1, -0.05) is 19.1 Å². The van der Waals surface area contributed by atoms with Crippen LogP contribution in [0.25, 0.3) is 11.1 Å². The first-order chi connectivity index (χ1) is 9.06. The van der Waals surface area contributed by atoms with E-state index in [-0.39, 0.29) is 18.2 Å². The van der Waals surface area contributed by atoms with Crippen LogP contribution in [0.15, 0.2) is 42.7 Å². The van der Waals surface area contributed by atoms with Gasteiger partial charge in [0.25, 0.3) is 0 Å². The Balaban J connectivity index is 2.31. The van der Waals surface area contributed by atoms with E-state index in [0.29, 0.717) is 0 Å². The number of pyridine rings is 1. The third kappa shape index (κ3) is 3.37. The van der Waals surface area contributed by atoms with Crippen LogP contribution in [-0.2, 0) is 4.79 Å². The van der Waals surface area contributed by atoms with Crippen LogP contribution in [0.2, 0.25) is 0 Å². The summed E-state index contributed by atoms with van der Waals surface area (Å²) in [5, 5.41) is 8.80. The van der Waals surface area contributed by atoms with Crippen molar-refractivity contribution in [3.05, 3.63) is 54.1 Å². The molecule has 1 N–H and O–H groups in total. The Kier molecular flexibility index (Phi) is 3.90. The van der Waals surface area contributed by atoms with Crippen LogP contribution in [0.1, 0.15) is 24.8 Å². The van der Waals surface area contributed by atoms with Gasteiger partial charge in [-0.05, 0) is 35.2 Å². The molecule has 2 aromatic rings. The number of carboxylic acid groups (broad SMARTS) is 1. The molecule has 0 aliphatic heterocycles. The molecule has 1 aromatic heterocycles. The summed E-state index contributed by atoms with van der Waals surface area (Å²) in [7, 11) is 0. The lowest BCUT2D eigenvalue weighted by molar-refractivity contribution is -0.137. The Bertz CT molecular complexity index is 598. The predicted octanol–water partition coefficient (Wildman–Crippen LogP) is 3.47. The number of carboxylic acids is 1. The molecular formula is C15H14FNO2. The van der Waals surface area contributed by atoms with Crippen molar-refractivity contribution in [3.63, 3.8) is 0 Å². The lowest BCUT2D eigenvalue weighted by Crippen LogP contribution is -2.03. The second-order valence-electron chi connectivity index (χ2n) is 4.52. The normalized spacial score (nSPS) is 12.1. The maximum Gasteiger partial charge on any atom is 0.303 e. The van der Waals surface area contributed by atoms with Gasteiger partial charge in [0.2, 0.25) is 0 Å². The monoisotopic (exact) mass is 259 g/mol. The molecule has 4 heteroatoms. The Labute approximate surface area is 110 Å². The molecule has 0 radical (unpaired) electrons. The average molecular weight is 259 g/mol. The molecule has 1 atom stereocenters. The van der Waals surface area contributed by atoms with E-state index in [4.69, 9.17) is 5.11 Å². The largest absolute Gasteiger partial charge is 0.481 e. The maximum absolute atomic E-state index is 13.2. The third-order valence-electron chi connectivity index (χ3n) is 2.97. The second kappa shape index (κ2) is 5.61. The Morgan fingerprint density at radius 1 is 1.32 bits per heavy atom. The van der Waals surface area contributed by atoms with Gasteiger partial charge in [-0.15, -0.1) is 0 Å². The van der Waals surface area contributed by atoms with Crippen LogP contribution in [0, 0.1) is 5.82 Å². The summed E-state index contributed by atoms with van der Waals surface area (Å²) in [5.74, 6) is -1.27. The first-order valence-electron chi connectivity index (χ1n) is 5.99. The van der Waals surface area contributed by atoms with Crippen molar-refractivity contribution in [2.24, 2.45) is 0 Å². The highest BCUT2D eigenvalue weighted by Gasteiger charge is 2.11. The molecule has 19 heavy (non-hydrogen) atoms. The van der Waals surface area contributed by atoms with E-state index in [9.17, 15) is 9.18 Å². The smallest absolute Gasteiger partial charge is 0.303 e. The summed E-state index contributed by atoms with van der Waals surface area (Å²) in [6, 6.07) is 8.11. The zero-order valence-electron chi connectivity index (χ0n) is 10.5.